The minimum Gasteiger partial charge on any atom is -0.349 e. The van der Waals surface area contributed by atoms with Gasteiger partial charge >= 0.3 is 0 Å². The van der Waals surface area contributed by atoms with Gasteiger partial charge in [-0.2, -0.15) is 4.31 Å². The van der Waals surface area contributed by atoms with Gasteiger partial charge in [-0.15, -0.1) is 0 Å². The number of hydrogen-bond acceptors (Lipinski definition) is 4. The maximum atomic E-state index is 13.4. The maximum Gasteiger partial charge on any atom is 0.277 e. The molecule has 2 rings (SSSR count). The van der Waals surface area contributed by atoms with Gasteiger partial charge in [0.2, 0.25) is 10.0 Å². The minimum atomic E-state index is -3.79. The fourth-order valence-corrected chi connectivity index (χ4v) is 4.65. The normalized spacial score (nSPS) is 16.7. The first-order valence-corrected chi connectivity index (χ1v) is 11.2. The second kappa shape index (κ2) is 10.1. The Morgan fingerprint density at radius 1 is 1.17 bits per heavy atom. The molecule has 0 radical (unpaired) electrons. The smallest absolute Gasteiger partial charge is 0.277 e. The topological polar surface area (TPSA) is 91.2 Å². The number of rotatable bonds is 8. The molecule has 2 N–H and O–H groups in total. The van der Waals surface area contributed by atoms with Crippen molar-refractivity contribution in [2.75, 3.05) is 45.8 Å². The highest BCUT2D eigenvalue weighted by molar-refractivity contribution is 7.89. The number of likely N-dealkylation sites (N-methyl/N-ethyl adjacent to an activating group) is 1. The summed E-state index contributed by atoms with van der Waals surface area (Å²) in [5, 5.41) is 2.82. The lowest BCUT2D eigenvalue weighted by atomic mass is 10.3. The second-order valence-corrected chi connectivity index (χ2v) is 9.36. The van der Waals surface area contributed by atoms with Crippen molar-refractivity contribution in [3.63, 3.8) is 0 Å². The highest BCUT2D eigenvalue weighted by Gasteiger charge is 2.31. The van der Waals surface area contributed by atoms with Crippen molar-refractivity contribution in [2.24, 2.45) is 0 Å². The molecule has 1 unspecified atom stereocenters. The number of nitrogens with one attached hydrogen (secondary N) is 2. The Morgan fingerprint density at radius 3 is 2.38 bits per heavy atom. The van der Waals surface area contributed by atoms with Gasteiger partial charge < -0.3 is 15.1 Å². The van der Waals surface area contributed by atoms with Crippen LogP contribution in [0, 0.1) is 5.82 Å². The van der Waals surface area contributed by atoms with Crippen molar-refractivity contribution in [3.05, 3.63) is 30.1 Å². The van der Waals surface area contributed by atoms with Crippen LogP contribution < -0.4 is 10.2 Å². The summed E-state index contributed by atoms with van der Waals surface area (Å²) in [7, 11) is -3.79. The minimum absolute atomic E-state index is 0.0458. The second-order valence-electron chi connectivity index (χ2n) is 7.42. The van der Waals surface area contributed by atoms with Crippen molar-refractivity contribution >= 4 is 21.8 Å². The van der Waals surface area contributed by atoms with Crippen LogP contribution in [0.25, 0.3) is 0 Å². The largest absolute Gasteiger partial charge is 0.349 e. The number of carbonyl (C=O) groups excluding carboxylic acids is 2. The van der Waals surface area contributed by atoms with Crippen LogP contribution in [0.1, 0.15) is 20.8 Å². The van der Waals surface area contributed by atoms with E-state index in [0.717, 1.165) is 11.0 Å². The van der Waals surface area contributed by atoms with Gasteiger partial charge in [0, 0.05) is 32.2 Å². The molecule has 1 heterocycles. The number of halogens is 1. The Labute approximate surface area is 171 Å². The SMILES string of the molecule is CC[NH+](CC(=O)NC(C)C)CC(=O)N1CCN(S(=O)(=O)c2cccc(F)c2)CC1. The molecule has 1 saturated heterocycles. The summed E-state index contributed by atoms with van der Waals surface area (Å²) in [5.74, 6) is -0.818. The Bertz CT molecular complexity index is 823. The van der Waals surface area contributed by atoms with Gasteiger partial charge in [0.1, 0.15) is 5.82 Å². The number of carbonyl (C=O) groups is 2. The Morgan fingerprint density at radius 2 is 1.83 bits per heavy atom. The molecule has 1 aromatic rings. The monoisotopic (exact) mass is 429 g/mol. The van der Waals surface area contributed by atoms with Crippen molar-refractivity contribution in [2.45, 2.75) is 31.7 Å². The van der Waals surface area contributed by atoms with Crippen molar-refractivity contribution in [1.82, 2.24) is 14.5 Å². The predicted molar refractivity (Wildman–Crippen MR) is 106 cm³/mol. The molecule has 1 aromatic carbocycles. The number of quaternary nitrogens is 1. The lowest BCUT2D eigenvalue weighted by molar-refractivity contribution is -0.882. The maximum absolute atomic E-state index is 13.4. The van der Waals surface area contributed by atoms with Gasteiger partial charge in [-0.25, -0.2) is 12.8 Å². The van der Waals surface area contributed by atoms with Gasteiger partial charge in [-0.1, -0.05) is 6.07 Å². The van der Waals surface area contributed by atoms with Crippen LogP contribution >= 0.6 is 0 Å². The van der Waals surface area contributed by atoms with Crippen molar-refractivity contribution < 1.29 is 27.3 Å². The van der Waals surface area contributed by atoms with Crippen LogP contribution in [-0.4, -0.2) is 81.3 Å². The molecule has 1 aliphatic heterocycles. The van der Waals surface area contributed by atoms with E-state index in [1.165, 1.54) is 22.5 Å². The molecule has 1 fully saturated rings. The van der Waals surface area contributed by atoms with E-state index in [2.05, 4.69) is 5.32 Å². The summed E-state index contributed by atoms with van der Waals surface area (Å²) < 4.78 is 40.0. The van der Waals surface area contributed by atoms with Gasteiger partial charge in [0.05, 0.1) is 11.4 Å². The molecular formula is C19H30FN4O4S+. The van der Waals surface area contributed by atoms with E-state index in [-0.39, 0.29) is 62.0 Å². The van der Waals surface area contributed by atoms with Crippen LogP contribution in [0.4, 0.5) is 4.39 Å². The van der Waals surface area contributed by atoms with Gasteiger partial charge in [0.25, 0.3) is 11.8 Å². The Hall–Kier alpha value is -2.04. The van der Waals surface area contributed by atoms with E-state index < -0.39 is 15.8 Å². The van der Waals surface area contributed by atoms with Gasteiger partial charge in [-0.3, -0.25) is 9.59 Å². The number of benzene rings is 1. The first-order chi connectivity index (χ1) is 13.6. The lowest BCUT2D eigenvalue weighted by Crippen LogP contribution is -3.14. The standard InChI is InChI=1S/C19H29FN4O4S/c1-4-22(13-18(25)21-15(2)3)14-19(26)23-8-10-24(11-9-23)29(27,28)17-7-5-6-16(20)12-17/h5-7,12,15H,4,8-11,13-14H2,1-3H3,(H,21,25)/p+1. The summed E-state index contributed by atoms with van der Waals surface area (Å²) in [6, 6.07) is 4.96. The highest BCUT2D eigenvalue weighted by Crippen LogP contribution is 2.18. The van der Waals surface area contributed by atoms with E-state index in [9.17, 15) is 22.4 Å². The van der Waals surface area contributed by atoms with Crippen LogP contribution in [-0.2, 0) is 19.6 Å². The zero-order chi connectivity index (χ0) is 21.6. The first kappa shape index (κ1) is 23.2. The van der Waals surface area contributed by atoms with Crippen LogP contribution in [0.15, 0.2) is 29.2 Å². The fraction of sp³-hybridized carbons (Fsp3) is 0.579. The number of nitrogens with zero attached hydrogens (tertiary/aromatic N) is 2. The lowest BCUT2D eigenvalue weighted by Gasteiger charge is -2.34. The van der Waals surface area contributed by atoms with Crippen molar-refractivity contribution in [3.8, 4) is 0 Å². The zero-order valence-electron chi connectivity index (χ0n) is 17.2. The quantitative estimate of drug-likeness (QED) is 0.560. The molecule has 10 heteroatoms. The predicted octanol–water partition coefficient (Wildman–Crippen LogP) is -0.912. The van der Waals surface area contributed by atoms with Crippen LogP contribution in [0.3, 0.4) is 0 Å². The summed E-state index contributed by atoms with van der Waals surface area (Å²) in [6.45, 7) is 7.54. The molecule has 0 aliphatic carbocycles. The molecule has 0 saturated carbocycles. The summed E-state index contributed by atoms with van der Waals surface area (Å²) in [6.07, 6.45) is 0. The number of piperazine rings is 1. The average molecular weight is 430 g/mol. The number of amides is 2. The molecule has 1 aliphatic rings. The van der Waals surface area contributed by atoms with Gasteiger partial charge in [-0.05, 0) is 39.0 Å². The van der Waals surface area contributed by atoms with Gasteiger partial charge in [0.15, 0.2) is 13.1 Å². The molecule has 0 bridgehead atoms. The molecule has 0 spiro atoms. The molecule has 0 aromatic heterocycles. The van der Waals surface area contributed by atoms with Crippen LogP contribution in [0.5, 0.6) is 0 Å². The van der Waals surface area contributed by atoms with E-state index in [1.807, 2.05) is 20.8 Å². The molecule has 2 amide bonds. The number of hydrogen-bond donors (Lipinski definition) is 2. The Kier molecular flexibility index (Phi) is 8.12. The molecule has 29 heavy (non-hydrogen) atoms. The summed E-state index contributed by atoms with van der Waals surface area (Å²) >= 11 is 0. The zero-order valence-corrected chi connectivity index (χ0v) is 18.0. The van der Waals surface area contributed by atoms with Crippen LogP contribution in [0.2, 0.25) is 0 Å². The first-order valence-electron chi connectivity index (χ1n) is 9.80. The third-order valence-corrected chi connectivity index (χ3v) is 6.68. The highest BCUT2D eigenvalue weighted by atomic mass is 32.2. The van der Waals surface area contributed by atoms with E-state index in [0.29, 0.717) is 6.54 Å². The molecule has 8 nitrogen and oxygen atoms in total. The molecule has 1 atom stereocenters. The van der Waals surface area contributed by atoms with E-state index in [1.54, 1.807) is 4.90 Å². The molecular weight excluding hydrogens is 399 g/mol. The summed E-state index contributed by atoms with van der Waals surface area (Å²) in [4.78, 5) is 26.9. The summed E-state index contributed by atoms with van der Waals surface area (Å²) in [5.41, 5.74) is 0. The fourth-order valence-electron chi connectivity index (χ4n) is 3.19. The number of sulfonamides is 1. The van der Waals surface area contributed by atoms with E-state index in [4.69, 9.17) is 0 Å². The third-order valence-electron chi connectivity index (χ3n) is 4.79. The Balaban J connectivity index is 1.91. The third kappa shape index (κ3) is 6.48. The molecule has 162 valence electrons. The van der Waals surface area contributed by atoms with Crippen molar-refractivity contribution in [1.29, 1.82) is 0 Å². The van der Waals surface area contributed by atoms with E-state index >= 15 is 0 Å². The average Bonchev–Trinajstić information content (AvgIpc) is 2.66.